The summed E-state index contributed by atoms with van der Waals surface area (Å²) in [7, 11) is 0. The second-order valence-electron chi connectivity index (χ2n) is 5.12. The second-order valence-corrected chi connectivity index (χ2v) is 6.05. The zero-order valence-corrected chi connectivity index (χ0v) is 14.3. The predicted molar refractivity (Wildman–Crippen MR) is 88.0 cm³/mol. The molecule has 2 aromatic rings. The molecule has 25 heavy (non-hydrogen) atoms. The van der Waals surface area contributed by atoms with Gasteiger partial charge in [0.2, 0.25) is 0 Å². The van der Waals surface area contributed by atoms with Crippen LogP contribution in [0.5, 0.6) is 5.75 Å². The SMILES string of the molecule is CC(=N)[C@H](C#N)C(=O)CSc1nnc([C@H](C)Oc2ccc(F)cc2)o1. The third kappa shape index (κ3) is 5.12. The molecule has 0 amide bonds. The molecule has 0 fully saturated rings. The number of carbonyl (C=O) groups excluding carboxylic acids is 1. The van der Waals surface area contributed by atoms with Crippen molar-refractivity contribution < 1.29 is 18.3 Å². The van der Waals surface area contributed by atoms with Crippen molar-refractivity contribution in [2.45, 2.75) is 25.2 Å². The molecule has 9 heteroatoms. The van der Waals surface area contributed by atoms with E-state index < -0.39 is 17.8 Å². The first-order valence-corrected chi connectivity index (χ1v) is 8.25. The first kappa shape index (κ1) is 18.6. The minimum Gasteiger partial charge on any atom is -0.481 e. The number of nitriles is 1. The van der Waals surface area contributed by atoms with Gasteiger partial charge in [0.15, 0.2) is 11.9 Å². The molecule has 0 aliphatic heterocycles. The number of halogens is 1. The fourth-order valence-electron chi connectivity index (χ4n) is 1.84. The van der Waals surface area contributed by atoms with Crippen molar-refractivity contribution in [3.05, 3.63) is 36.0 Å². The first-order valence-electron chi connectivity index (χ1n) is 7.26. The Hall–Kier alpha value is -2.73. The van der Waals surface area contributed by atoms with Crippen LogP contribution < -0.4 is 4.74 Å². The standard InChI is InChI=1S/C16H15FN4O3S/c1-9(19)13(7-18)14(22)8-25-16-21-20-15(24-16)10(2)23-12-5-3-11(17)4-6-12/h3-6,10,13,19H,8H2,1-2H3/t10-,13-/m0/s1. The maximum absolute atomic E-state index is 12.9. The molecule has 130 valence electrons. The van der Waals surface area contributed by atoms with E-state index in [0.29, 0.717) is 5.75 Å². The van der Waals surface area contributed by atoms with Crippen molar-refractivity contribution in [2.75, 3.05) is 5.75 Å². The minimum absolute atomic E-state index is 0.000591. The third-order valence-electron chi connectivity index (χ3n) is 3.12. The van der Waals surface area contributed by atoms with Crippen molar-refractivity contribution in [1.29, 1.82) is 10.7 Å². The number of carbonyl (C=O) groups is 1. The van der Waals surface area contributed by atoms with Gasteiger partial charge in [0.25, 0.3) is 11.1 Å². The molecule has 1 aromatic carbocycles. The summed E-state index contributed by atoms with van der Waals surface area (Å²) >= 11 is 0.993. The highest BCUT2D eigenvalue weighted by Crippen LogP contribution is 2.24. The van der Waals surface area contributed by atoms with Crippen LogP contribution in [0.4, 0.5) is 4.39 Å². The lowest BCUT2D eigenvalue weighted by Crippen LogP contribution is -2.21. The molecule has 0 spiro atoms. The van der Waals surface area contributed by atoms with Crippen molar-refractivity contribution in [3.63, 3.8) is 0 Å². The zero-order chi connectivity index (χ0) is 18.4. The smallest absolute Gasteiger partial charge is 0.277 e. The Balaban J connectivity index is 1.93. The van der Waals surface area contributed by atoms with E-state index >= 15 is 0 Å². The third-order valence-corrected chi connectivity index (χ3v) is 3.96. The lowest BCUT2D eigenvalue weighted by Gasteiger charge is -2.10. The fourth-order valence-corrected chi connectivity index (χ4v) is 2.51. The molecule has 0 radical (unpaired) electrons. The van der Waals surface area contributed by atoms with Crippen molar-refractivity contribution in [1.82, 2.24) is 10.2 Å². The van der Waals surface area contributed by atoms with Gasteiger partial charge in [0.05, 0.1) is 11.8 Å². The van der Waals surface area contributed by atoms with Crippen LogP contribution in [0, 0.1) is 28.5 Å². The molecule has 2 rings (SSSR count). The molecule has 0 unspecified atom stereocenters. The summed E-state index contributed by atoms with van der Waals surface area (Å²) in [5.74, 6) is -1.21. The van der Waals surface area contributed by atoms with Gasteiger partial charge in [0.1, 0.15) is 17.5 Å². The molecule has 0 aliphatic carbocycles. The van der Waals surface area contributed by atoms with Crippen LogP contribution in [0.15, 0.2) is 33.9 Å². The summed E-state index contributed by atoms with van der Waals surface area (Å²) < 4.78 is 23.9. The summed E-state index contributed by atoms with van der Waals surface area (Å²) in [5.41, 5.74) is 0.000591. The van der Waals surface area contributed by atoms with Crippen LogP contribution in [0.3, 0.4) is 0 Å². The van der Waals surface area contributed by atoms with Crippen molar-refractivity contribution in [3.8, 4) is 11.8 Å². The van der Waals surface area contributed by atoms with Crippen LogP contribution in [-0.2, 0) is 4.79 Å². The fraction of sp³-hybridized carbons (Fsp3) is 0.312. The Labute approximate surface area is 147 Å². The Kier molecular flexibility index (Phi) is 6.25. The zero-order valence-electron chi connectivity index (χ0n) is 13.5. The van der Waals surface area contributed by atoms with Crippen LogP contribution in [0.1, 0.15) is 25.8 Å². The minimum atomic E-state index is -1.06. The van der Waals surface area contributed by atoms with Crippen LogP contribution in [0.25, 0.3) is 0 Å². The topological polar surface area (TPSA) is 113 Å². The number of Topliss-reactive ketones (excluding diaryl/α,β-unsaturated/α-hetero) is 1. The van der Waals surface area contributed by atoms with Gasteiger partial charge in [-0.2, -0.15) is 5.26 Å². The van der Waals surface area contributed by atoms with E-state index in [0.717, 1.165) is 11.8 Å². The van der Waals surface area contributed by atoms with E-state index in [1.54, 1.807) is 13.0 Å². The summed E-state index contributed by atoms with van der Waals surface area (Å²) in [6.45, 7) is 3.11. The Morgan fingerprint density at radius 2 is 2.12 bits per heavy atom. The molecular formula is C16H15FN4O3S. The number of hydrogen-bond donors (Lipinski definition) is 1. The van der Waals surface area contributed by atoms with Crippen LogP contribution >= 0.6 is 11.8 Å². The molecule has 1 heterocycles. The van der Waals surface area contributed by atoms with Crippen molar-refractivity contribution in [2.24, 2.45) is 5.92 Å². The second kappa shape index (κ2) is 8.39. The predicted octanol–water partition coefficient (Wildman–Crippen LogP) is 3.19. The average molecular weight is 362 g/mol. The molecule has 7 nitrogen and oxygen atoms in total. The number of thioether (sulfide) groups is 1. The van der Waals surface area contributed by atoms with Gasteiger partial charge in [-0.15, -0.1) is 10.2 Å². The number of aromatic nitrogens is 2. The van der Waals surface area contributed by atoms with E-state index in [-0.39, 0.29) is 28.4 Å². The normalized spacial score (nSPS) is 12.9. The maximum atomic E-state index is 12.9. The highest BCUT2D eigenvalue weighted by atomic mass is 32.2. The molecule has 0 bridgehead atoms. The van der Waals surface area contributed by atoms with Gasteiger partial charge in [-0.3, -0.25) is 4.79 Å². The van der Waals surface area contributed by atoms with Crippen molar-refractivity contribution >= 4 is 23.3 Å². The van der Waals surface area contributed by atoms with E-state index in [2.05, 4.69) is 10.2 Å². The lowest BCUT2D eigenvalue weighted by atomic mass is 10.0. The van der Waals surface area contributed by atoms with E-state index in [1.807, 2.05) is 0 Å². The number of nitrogens with one attached hydrogen (secondary N) is 1. The number of benzene rings is 1. The monoisotopic (exact) mass is 362 g/mol. The van der Waals surface area contributed by atoms with E-state index in [1.165, 1.54) is 31.2 Å². The van der Waals surface area contributed by atoms with Gasteiger partial charge in [0, 0.05) is 5.71 Å². The van der Waals surface area contributed by atoms with Gasteiger partial charge in [-0.25, -0.2) is 4.39 Å². The molecule has 0 saturated heterocycles. The quantitative estimate of drug-likeness (QED) is 0.566. The highest BCUT2D eigenvalue weighted by Gasteiger charge is 2.22. The number of rotatable bonds is 8. The summed E-state index contributed by atoms with van der Waals surface area (Å²) in [6.07, 6.45) is -0.557. The summed E-state index contributed by atoms with van der Waals surface area (Å²) in [5, 5.41) is 24.1. The Morgan fingerprint density at radius 3 is 2.72 bits per heavy atom. The van der Waals surface area contributed by atoms with E-state index in [9.17, 15) is 9.18 Å². The van der Waals surface area contributed by atoms with Gasteiger partial charge in [-0.1, -0.05) is 11.8 Å². The Morgan fingerprint density at radius 1 is 1.44 bits per heavy atom. The first-order chi connectivity index (χ1) is 11.9. The molecule has 2 atom stereocenters. The molecule has 1 N–H and O–H groups in total. The number of ether oxygens (including phenoxy) is 1. The molecule has 0 saturated carbocycles. The van der Waals surface area contributed by atoms with Crippen LogP contribution in [-0.4, -0.2) is 27.4 Å². The number of hydrogen-bond acceptors (Lipinski definition) is 8. The number of nitrogens with zero attached hydrogens (tertiary/aromatic N) is 3. The highest BCUT2D eigenvalue weighted by molar-refractivity contribution is 7.99. The van der Waals surface area contributed by atoms with Gasteiger partial charge >= 0.3 is 0 Å². The molecule has 0 aliphatic rings. The summed E-state index contributed by atoms with van der Waals surface area (Å²) in [4.78, 5) is 11.9. The van der Waals surface area contributed by atoms with Gasteiger partial charge in [-0.05, 0) is 38.1 Å². The molecular weight excluding hydrogens is 347 g/mol. The number of ketones is 1. The average Bonchev–Trinajstić information content (AvgIpc) is 3.04. The van der Waals surface area contributed by atoms with E-state index in [4.69, 9.17) is 19.8 Å². The summed E-state index contributed by atoms with van der Waals surface area (Å²) in [6, 6.07) is 7.32. The lowest BCUT2D eigenvalue weighted by molar-refractivity contribution is -0.117. The molecule has 1 aromatic heterocycles. The van der Waals surface area contributed by atoms with Gasteiger partial charge < -0.3 is 14.6 Å². The largest absolute Gasteiger partial charge is 0.481 e. The Bertz CT molecular complexity index is 800. The van der Waals surface area contributed by atoms with Crippen LogP contribution in [0.2, 0.25) is 0 Å². The maximum Gasteiger partial charge on any atom is 0.277 e.